The molecule has 0 aliphatic heterocycles. The molecule has 0 aromatic carbocycles. The maximum Gasteiger partial charge on any atom is 0.0944 e. The van der Waals surface area contributed by atoms with Crippen LogP contribution in [-0.2, 0) is 0 Å². The van der Waals surface area contributed by atoms with Crippen molar-refractivity contribution in [3.05, 3.63) is 0 Å². The van der Waals surface area contributed by atoms with Crippen molar-refractivity contribution in [2.24, 2.45) is 0 Å². The van der Waals surface area contributed by atoms with Crippen LogP contribution in [0.2, 0.25) is 0 Å². The summed E-state index contributed by atoms with van der Waals surface area (Å²) in [5.41, 5.74) is 0.994. The van der Waals surface area contributed by atoms with E-state index in [1.807, 2.05) is 0 Å². The standard InChI is InChI=1S/C20H44N.FH/c1-13-17(5,6)21(18(7,8)14-2,19(9,10)15-3)20(11,12)16-4;/h13-16H2,1-12H3;1H/q+1;/p-1. The van der Waals surface area contributed by atoms with Crippen LogP contribution in [-0.4, -0.2) is 26.6 Å². The Balaban J connectivity index is 0. The highest BCUT2D eigenvalue weighted by Gasteiger charge is 2.65. The van der Waals surface area contributed by atoms with Crippen LogP contribution in [0, 0.1) is 0 Å². The van der Waals surface area contributed by atoms with E-state index in [0.29, 0.717) is 0 Å². The van der Waals surface area contributed by atoms with Crippen molar-refractivity contribution >= 4 is 0 Å². The van der Waals surface area contributed by atoms with Crippen LogP contribution in [0.15, 0.2) is 0 Å². The topological polar surface area (TPSA) is 0 Å². The summed E-state index contributed by atoms with van der Waals surface area (Å²) in [7, 11) is 0. The van der Waals surface area contributed by atoms with Gasteiger partial charge in [0.05, 0.1) is 22.2 Å². The van der Waals surface area contributed by atoms with Crippen molar-refractivity contribution < 1.29 is 9.19 Å². The molecule has 0 rings (SSSR count). The van der Waals surface area contributed by atoms with Crippen molar-refractivity contribution in [2.75, 3.05) is 0 Å². The molecule has 0 fully saturated rings. The summed E-state index contributed by atoms with van der Waals surface area (Å²) in [5, 5.41) is 0. The Morgan fingerprint density at radius 2 is 0.591 bits per heavy atom. The zero-order valence-corrected chi connectivity index (χ0v) is 17.7. The van der Waals surface area contributed by atoms with Crippen LogP contribution in [0.25, 0.3) is 0 Å². The van der Waals surface area contributed by atoms with Crippen molar-refractivity contribution in [3.8, 4) is 0 Å². The molecule has 0 spiro atoms. The summed E-state index contributed by atoms with van der Waals surface area (Å²) in [6, 6.07) is 0. The van der Waals surface area contributed by atoms with E-state index in [9.17, 15) is 0 Å². The van der Waals surface area contributed by atoms with E-state index < -0.39 is 0 Å². The molecule has 0 aliphatic rings. The first-order chi connectivity index (χ1) is 9.24. The van der Waals surface area contributed by atoms with Gasteiger partial charge in [0.1, 0.15) is 0 Å². The summed E-state index contributed by atoms with van der Waals surface area (Å²) in [5.74, 6) is 0. The van der Waals surface area contributed by atoms with Gasteiger partial charge in [0.15, 0.2) is 0 Å². The second-order valence-corrected chi connectivity index (χ2v) is 9.33. The van der Waals surface area contributed by atoms with E-state index in [0.717, 1.165) is 0 Å². The predicted molar refractivity (Wildman–Crippen MR) is 97.7 cm³/mol. The third-order valence-electron chi connectivity index (χ3n) is 7.09. The third kappa shape index (κ3) is 3.09. The number of hydrogen-bond acceptors (Lipinski definition) is 0. The molecule has 0 saturated carbocycles. The van der Waals surface area contributed by atoms with Gasteiger partial charge in [0, 0.05) is 0 Å². The Labute approximate surface area is 140 Å². The molecule has 0 N–H and O–H groups in total. The minimum Gasteiger partial charge on any atom is -1.00 e. The van der Waals surface area contributed by atoms with Crippen LogP contribution in [0.4, 0.5) is 0 Å². The fraction of sp³-hybridized carbons (Fsp3) is 1.00. The Bertz CT molecular complexity index is 270. The Morgan fingerprint density at radius 1 is 0.455 bits per heavy atom. The van der Waals surface area contributed by atoms with Gasteiger partial charge < -0.3 is 9.19 Å². The highest BCUT2D eigenvalue weighted by molar-refractivity contribution is 4.93. The first-order valence-electron chi connectivity index (χ1n) is 9.14. The molecular weight excluding hydrogens is 273 g/mol. The molecule has 0 atom stereocenters. The number of hydrogen-bond donors (Lipinski definition) is 0. The molecule has 1 nitrogen and oxygen atoms in total. The van der Waals surface area contributed by atoms with E-state index in [1.54, 1.807) is 0 Å². The van der Waals surface area contributed by atoms with Crippen molar-refractivity contribution in [3.63, 3.8) is 0 Å². The summed E-state index contributed by atoms with van der Waals surface area (Å²) >= 11 is 0. The second-order valence-electron chi connectivity index (χ2n) is 9.33. The molecule has 136 valence electrons. The summed E-state index contributed by atoms with van der Waals surface area (Å²) in [6.45, 7) is 29.5. The first kappa shape index (κ1) is 24.1. The minimum atomic E-state index is 0. The quantitative estimate of drug-likeness (QED) is 0.601. The van der Waals surface area contributed by atoms with Gasteiger partial charge in [-0.3, -0.25) is 0 Å². The molecular formula is C20H44FN. The molecule has 0 radical (unpaired) electrons. The lowest BCUT2D eigenvalue weighted by molar-refractivity contribution is -1.09. The predicted octanol–water partition coefficient (Wildman–Crippen LogP) is 3.56. The smallest absolute Gasteiger partial charge is 0.0944 e. The zero-order valence-electron chi connectivity index (χ0n) is 17.7. The molecule has 0 aliphatic carbocycles. The molecule has 22 heavy (non-hydrogen) atoms. The SMILES string of the molecule is CCC(C)(C)[N+](C(C)(C)CC)(C(C)(C)CC)C(C)(C)CC.[F-]. The van der Waals surface area contributed by atoms with Gasteiger partial charge in [-0.2, -0.15) is 0 Å². The molecule has 2 heteroatoms. The van der Waals surface area contributed by atoms with E-state index in [4.69, 9.17) is 0 Å². The Kier molecular flexibility index (Phi) is 7.90. The molecule has 0 amide bonds. The van der Waals surface area contributed by atoms with E-state index in [-0.39, 0.29) is 26.9 Å². The maximum absolute atomic E-state index is 2.50. The highest BCUT2D eigenvalue weighted by atomic mass is 19.0. The number of quaternary nitrogens is 1. The van der Waals surface area contributed by atoms with Crippen LogP contribution in [0.5, 0.6) is 0 Å². The molecule has 0 aromatic heterocycles. The highest BCUT2D eigenvalue weighted by Crippen LogP contribution is 2.54. The van der Waals surface area contributed by atoms with Crippen LogP contribution in [0.1, 0.15) is 109 Å². The monoisotopic (exact) mass is 317 g/mol. The molecule has 0 aromatic rings. The van der Waals surface area contributed by atoms with Gasteiger partial charge in [-0.05, 0) is 81.1 Å². The van der Waals surface area contributed by atoms with Crippen LogP contribution < -0.4 is 4.70 Å². The maximum atomic E-state index is 2.50. The van der Waals surface area contributed by atoms with Gasteiger partial charge in [0.25, 0.3) is 0 Å². The van der Waals surface area contributed by atoms with Gasteiger partial charge in [-0.25, -0.2) is 0 Å². The lowest BCUT2D eigenvalue weighted by Gasteiger charge is -2.72. The van der Waals surface area contributed by atoms with E-state index in [1.165, 1.54) is 30.2 Å². The van der Waals surface area contributed by atoms with Crippen LogP contribution in [0.3, 0.4) is 0 Å². The first-order valence-corrected chi connectivity index (χ1v) is 9.14. The number of rotatable bonds is 8. The summed E-state index contributed by atoms with van der Waals surface area (Å²) in [4.78, 5) is 0. The van der Waals surface area contributed by atoms with Crippen LogP contribution >= 0.6 is 0 Å². The lowest BCUT2D eigenvalue weighted by atomic mass is 9.69. The summed E-state index contributed by atoms with van der Waals surface area (Å²) in [6.07, 6.45) is 4.85. The van der Waals surface area contributed by atoms with Gasteiger partial charge in [-0.15, -0.1) is 0 Å². The normalized spacial score (nSPS) is 14.7. The number of nitrogens with zero attached hydrogens (tertiary/aromatic N) is 1. The molecule has 0 bridgehead atoms. The van der Waals surface area contributed by atoms with Gasteiger partial charge >= 0.3 is 0 Å². The fourth-order valence-corrected chi connectivity index (χ4v) is 5.86. The largest absolute Gasteiger partial charge is 1.00 e. The van der Waals surface area contributed by atoms with Gasteiger partial charge in [0.2, 0.25) is 0 Å². The molecule has 0 unspecified atom stereocenters. The van der Waals surface area contributed by atoms with E-state index >= 15 is 0 Å². The molecule has 0 saturated heterocycles. The van der Waals surface area contributed by atoms with Crippen molar-refractivity contribution in [2.45, 2.75) is 131 Å². The molecule has 0 heterocycles. The van der Waals surface area contributed by atoms with E-state index in [2.05, 4.69) is 83.1 Å². The third-order valence-corrected chi connectivity index (χ3v) is 7.09. The second kappa shape index (κ2) is 7.20. The average molecular weight is 318 g/mol. The average Bonchev–Trinajstić information content (AvgIpc) is 2.37. The zero-order chi connectivity index (χ0) is 17.3. The Morgan fingerprint density at radius 3 is 0.682 bits per heavy atom. The summed E-state index contributed by atoms with van der Waals surface area (Å²) < 4.78 is 1.18. The van der Waals surface area contributed by atoms with Crippen molar-refractivity contribution in [1.29, 1.82) is 0 Å². The fourth-order valence-electron chi connectivity index (χ4n) is 5.86. The minimum absolute atomic E-state index is 0. The Hall–Kier alpha value is -0.110. The lowest BCUT2D eigenvalue weighted by Crippen LogP contribution is -3.00. The van der Waals surface area contributed by atoms with Gasteiger partial charge in [-0.1, -0.05) is 27.7 Å². The number of halogens is 1. The van der Waals surface area contributed by atoms with Crippen molar-refractivity contribution in [1.82, 2.24) is 0 Å².